The van der Waals surface area contributed by atoms with Gasteiger partial charge in [0.2, 0.25) is 5.91 Å². The number of amides is 1. The number of nitrogens with one attached hydrogen (secondary N) is 2. The van der Waals surface area contributed by atoms with Crippen molar-refractivity contribution >= 4 is 23.1 Å². The number of aromatic nitrogens is 3. The van der Waals surface area contributed by atoms with E-state index in [1.807, 2.05) is 25.4 Å². The number of carbonyl (C=O) groups excluding carboxylic acids is 1. The molecule has 25 heavy (non-hydrogen) atoms. The zero-order chi connectivity index (χ0) is 17.8. The molecule has 2 aromatic rings. The fourth-order valence-corrected chi connectivity index (χ4v) is 3.51. The van der Waals surface area contributed by atoms with Gasteiger partial charge < -0.3 is 15.5 Å². The molecule has 1 atom stereocenters. The Morgan fingerprint density at radius 3 is 2.88 bits per heavy atom. The van der Waals surface area contributed by atoms with E-state index in [1.165, 1.54) is 0 Å². The van der Waals surface area contributed by atoms with Gasteiger partial charge in [-0.2, -0.15) is 0 Å². The maximum absolute atomic E-state index is 12.4. The number of hydrogen-bond donors (Lipinski definition) is 2. The van der Waals surface area contributed by atoms with Crippen LogP contribution in [0.15, 0.2) is 11.4 Å². The Bertz CT molecular complexity index is 740. The molecule has 0 radical (unpaired) electrons. The fraction of sp³-hybridized carbons (Fsp3) is 0.529. The van der Waals surface area contributed by atoms with Crippen molar-refractivity contribution in [2.45, 2.75) is 38.8 Å². The van der Waals surface area contributed by atoms with Gasteiger partial charge in [-0.25, -0.2) is 15.0 Å². The summed E-state index contributed by atoms with van der Waals surface area (Å²) in [5.41, 5.74) is 1.67. The molecule has 8 heteroatoms. The third-order valence-electron chi connectivity index (χ3n) is 4.25. The lowest BCUT2D eigenvalue weighted by Gasteiger charge is -2.18. The summed E-state index contributed by atoms with van der Waals surface area (Å²) in [4.78, 5) is 27.7. The Hall–Kier alpha value is -2.06. The van der Waals surface area contributed by atoms with E-state index in [1.54, 1.807) is 23.3 Å². The molecule has 1 fully saturated rings. The average Bonchev–Trinajstić information content (AvgIpc) is 3.26. The summed E-state index contributed by atoms with van der Waals surface area (Å²) < 4.78 is 0. The molecule has 1 saturated heterocycles. The molecule has 3 heterocycles. The predicted molar refractivity (Wildman–Crippen MR) is 98.6 cm³/mol. The van der Waals surface area contributed by atoms with Crippen molar-refractivity contribution < 1.29 is 4.79 Å². The van der Waals surface area contributed by atoms with Crippen LogP contribution in [0.1, 0.15) is 41.1 Å². The van der Waals surface area contributed by atoms with Gasteiger partial charge in [-0.05, 0) is 26.3 Å². The van der Waals surface area contributed by atoms with Crippen LogP contribution in [0.3, 0.4) is 0 Å². The highest BCUT2D eigenvalue weighted by molar-refractivity contribution is 7.09. The zero-order valence-corrected chi connectivity index (χ0v) is 15.7. The molecule has 2 aromatic heterocycles. The van der Waals surface area contributed by atoms with E-state index in [4.69, 9.17) is 0 Å². The third-order valence-corrected chi connectivity index (χ3v) is 5.07. The highest BCUT2D eigenvalue weighted by Crippen LogP contribution is 2.22. The number of hydrogen-bond acceptors (Lipinski definition) is 7. The fourth-order valence-electron chi connectivity index (χ4n) is 2.90. The van der Waals surface area contributed by atoms with Gasteiger partial charge in [0.15, 0.2) is 0 Å². The van der Waals surface area contributed by atoms with E-state index < -0.39 is 0 Å². The Kier molecular flexibility index (Phi) is 5.60. The maximum atomic E-state index is 12.4. The largest absolute Gasteiger partial charge is 0.373 e. The van der Waals surface area contributed by atoms with E-state index in [2.05, 4.69) is 25.6 Å². The molecule has 0 bridgehead atoms. The predicted octanol–water partition coefficient (Wildman–Crippen LogP) is 1.91. The van der Waals surface area contributed by atoms with Crippen molar-refractivity contribution in [3.63, 3.8) is 0 Å². The summed E-state index contributed by atoms with van der Waals surface area (Å²) in [6.45, 7) is 3.40. The van der Waals surface area contributed by atoms with Crippen LogP contribution < -0.4 is 10.6 Å². The second kappa shape index (κ2) is 7.88. The lowest BCUT2D eigenvalue weighted by molar-refractivity contribution is -0.129. The normalized spacial score (nSPS) is 16.8. The van der Waals surface area contributed by atoms with E-state index in [-0.39, 0.29) is 11.9 Å². The molecular formula is C17H24N6OS. The number of thiazole rings is 1. The van der Waals surface area contributed by atoms with Crippen molar-refractivity contribution in [1.29, 1.82) is 0 Å². The second-order valence-electron chi connectivity index (χ2n) is 6.29. The van der Waals surface area contributed by atoms with Crippen LogP contribution in [0.4, 0.5) is 5.82 Å². The third kappa shape index (κ3) is 4.52. The first-order valence-electron chi connectivity index (χ1n) is 8.49. The van der Waals surface area contributed by atoms with Gasteiger partial charge in [0, 0.05) is 25.5 Å². The van der Waals surface area contributed by atoms with Crippen molar-refractivity contribution in [2.24, 2.45) is 0 Å². The van der Waals surface area contributed by atoms with Crippen molar-refractivity contribution in [1.82, 2.24) is 25.2 Å². The molecule has 0 aliphatic carbocycles. The quantitative estimate of drug-likeness (QED) is 0.819. The number of carbonyl (C=O) groups is 1. The molecule has 1 aliphatic heterocycles. The molecule has 2 N–H and O–H groups in total. The molecular weight excluding hydrogens is 336 g/mol. The average molecular weight is 360 g/mol. The minimum atomic E-state index is 0.0375. The lowest BCUT2D eigenvalue weighted by Crippen LogP contribution is -2.28. The number of aryl methyl sites for hydroxylation is 1. The van der Waals surface area contributed by atoms with Gasteiger partial charge in [0.05, 0.1) is 35.4 Å². The van der Waals surface area contributed by atoms with Crippen molar-refractivity contribution in [3.8, 4) is 0 Å². The van der Waals surface area contributed by atoms with Crippen LogP contribution in [-0.4, -0.2) is 46.4 Å². The molecule has 3 rings (SSSR count). The van der Waals surface area contributed by atoms with Crippen LogP contribution >= 0.6 is 11.3 Å². The molecule has 0 saturated carbocycles. The van der Waals surface area contributed by atoms with Crippen molar-refractivity contribution in [2.75, 3.05) is 26.0 Å². The Labute approximate surface area is 151 Å². The lowest BCUT2D eigenvalue weighted by atomic mass is 10.2. The van der Waals surface area contributed by atoms with E-state index in [9.17, 15) is 4.79 Å². The van der Waals surface area contributed by atoms with Gasteiger partial charge in [-0.1, -0.05) is 0 Å². The smallest absolute Gasteiger partial charge is 0.228 e. The van der Waals surface area contributed by atoms with Crippen LogP contribution in [0, 0.1) is 6.92 Å². The minimum absolute atomic E-state index is 0.0375. The molecule has 1 amide bonds. The van der Waals surface area contributed by atoms with E-state index >= 15 is 0 Å². The number of nitrogens with zero attached hydrogens (tertiary/aromatic N) is 4. The van der Waals surface area contributed by atoms with Gasteiger partial charge >= 0.3 is 0 Å². The molecule has 134 valence electrons. The molecule has 1 aliphatic rings. The van der Waals surface area contributed by atoms with Crippen LogP contribution in [0.2, 0.25) is 0 Å². The highest BCUT2D eigenvalue weighted by atomic mass is 32.1. The Morgan fingerprint density at radius 2 is 2.24 bits per heavy atom. The monoisotopic (exact) mass is 360 g/mol. The summed E-state index contributed by atoms with van der Waals surface area (Å²) in [6.07, 6.45) is 2.50. The first-order valence-corrected chi connectivity index (χ1v) is 9.37. The molecule has 7 nitrogen and oxygen atoms in total. The zero-order valence-electron chi connectivity index (χ0n) is 14.9. The van der Waals surface area contributed by atoms with E-state index in [0.717, 1.165) is 47.4 Å². The van der Waals surface area contributed by atoms with Crippen LogP contribution in [0.5, 0.6) is 0 Å². The topological polar surface area (TPSA) is 83.0 Å². The van der Waals surface area contributed by atoms with Gasteiger partial charge in [0.25, 0.3) is 0 Å². The van der Waals surface area contributed by atoms with Gasteiger partial charge in [-0.15, -0.1) is 11.3 Å². The Morgan fingerprint density at radius 1 is 1.40 bits per heavy atom. The summed E-state index contributed by atoms with van der Waals surface area (Å²) in [7, 11) is 3.65. The van der Waals surface area contributed by atoms with Crippen LogP contribution in [0.25, 0.3) is 0 Å². The first kappa shape index (κ1) is 17.8. The van der Waals surface area contributed by atoms with Gasteiger partial charge in [0.1, 0.15) is 11.6 Å². The number of rotatable bonds is 6. The highest BCUT2D eigenvalue weighted by Gasteiger charge is 2.21. The van der Waals surface area contributed by atoms with Gasteiger partial charge in [-0.3, -0.25) is 4.79 Å². The second-order valence-corrected chi connectivity index (χ2v) is 7.35. The van der Waals surface area contributed by atoms with E-state index in [0.29, 0.717) is 13.0 Å². The molecule has 0 spiro atoms. The Balaban J connectivity index is 1.70. The summed E-state index contributed by atoms with van der Waals surface area (Å²) in [5.74, 6) is 1.62. The summed E-state index contributed by atoms with van der Waals surface area (Å²) in [6, 6.07) is 2.10. The SMILES string of the molecule is CNc1cc(CN(C)C(=O)Cc2csc(C)n2)nc([C@H]2CCCN2)n1. The molecule has 0 aromatic carbocycles. The molecule has 0 unspecified atom stereocenters. The summed E-state index contributed by atoms with van der Waals surface area (Å²) in [5, 5.41) is 9.43. The standard InChI is InChI=1S/C17H24N6OS/c1-11-20-13(10-25-11)8-16(24)23(3)9-12-7-15(18-2)22-17(21-12)14-5-4-6-19-14/h7,10,14,19H,4-6,8-9H2,1-3H3,(H,18,21,22)/t14-/m1/s1. The maximum Gasteiger partial charge on any atom is 0.228 e. The first-order chi connectivity index (χ1) is 12.0. The number of anilines is 1. The summed E-state index contributed by atoms with van der Waals surface area (Å²) >= 11 is 1.57. The van der Waals surface area contributed by atoms with Crippen LogP contribution in [-0.2, 0) is 17.8 Å². The minimum Gasteiger partial charge on any atom is -0.373 e. The van der Waals surface area contributed by atoms with Crippen molar-refractivity contribution in [3.05, 3.63) is 33.7 Å². The number of likely N-dealkylation sites (N-methyl/N-ethyl adjacent to an activating group) is 1.